The van der Waals surface area contributed by atoms with Gasteiger partial charge in [0.25, 0.3) is 0 Å². The molecule has 6 heteroatoms. The summed E-state index contributed by atoms with van der Waals surface area (Å²) in [5.41, 5.74) is 12.4. The standard InChI is InChI=1S/C14H22N4O2/c1-9(2)18(10(3)13(19)17-14(16)20)8-11-4-6-12(15)7-5-11/h4-7,9-10H,8,15H2,1-3H3,(H3,16,17,19,20). The van der Waals surface area contributed by atoms with Gasteiger partial charge in [-0.1, -0.05) is 12.1 Å². The van der Waals surface area contributed by atoms with Crippen LogP contribution in [0.1, 0.15) is 26.3 Å². The Balaban J connectivity index is 2.80. The van der Waals surface area contributed by atoms with Crippen molar-refractivity contribution in [3.63, 3.8) is 0 Å². The van der Waals surface area contributed by atoms with E-state index >= 15 is 0 Å². The van der Waals surface area contributed by atoms with Gasteiger partial charge in [-0.05, 0) is 38.5 Å². The quantitative estimate of drug-likeness (QED) is 0.701. The topological polar surface area (TPSA) is 101 Å². The molecular formula is C14H22N4O2. The van der Waals surface area contributed by atoms with Gasteiger partial charge in [-0.15, -0.1) is 0 Å². The summed E-state index contributed by atoms with van der Waals surface area (Å²) in [7, 11) is 0. The molecule has 1 aromatic carbocycles. The second-order valence-electron chi connectivity index (χ2n) is 5.04. The molecule has 1 rings (SSSR count). The first-order valence-electron chi connectivity index (χ1n) is 6.51. The predicted molar refractivity (Wildman–Crippen MR) is 78.7 cm³/mol. The number of nitrogens with two attached hydrogens (primary N) is 2. The maximum absolute atomic E-state index is 11.9. The van der Waals surface area contributed by atoms with Gasteiger partial charge in [0, 0.05) is 18.3 Å². The molecule has 6 nitrogen and oxygen atoms in total. The van der Waals surface area contributed by atoms with Gasteiger partial charge in [-0.3, -0.25) is 15.0 Å². The van der Waals surface area contributed by atoms with E-state index in [9.17, 15) is 9.59 Å². The monoisotopic (exact) mass is 278 g/mol. The number of rotatable bonds is 5. The van der Waals surface area contributed by atoms with Crippen LogP contribution in [0.2, 0.25) is 0 Å². The lowest BCUT2D eigenvalue weighted by Crippen LogP contribution is -2.50. The van der Waals surface area contributed by atoms with Gasteiger partial charge in [0.2, 0.25) is 5.91 Å². The molecule has 5 N–H and O–H groups in total. The Hall–Kier alpha value is -2.08. The van der Waals surface area contributed by atoms with Crippen molar-refractivity contribution in [1.29, 1.82) is 0 Å². The average Bonchev–Trinajstić information content (AvgIpc) is 2.36. The molecule has 110 valence electrons. The third-order valence-corrected chi connectivity index (χ3v) is 3.13. The molecule has 0 saturated carbocycles. The maximum Gasteiger partial charge on any atom is 0.318 e. The van der Waals surface area contributed by atoms with Crippen LogP contribution in [0.3, 0.4) is 0 Å². The molecule has 20 heavy (non-hydrogen) atoms. The zero-order chi connectivity index (χ0) is 15.3. The lowest BCUT2D eigenvalue weighted by molar-refractivity contribution is -0.125. The lowest BCUT2D eigenvalue weighted by Gasteiger charge is -2.31. The summed E-state index contributed by atoms with van der Waals surface area (Å²) in [6.45, 7) is 6.32. The molecule has 0 aliphatic carbocycles. The van der Waals surface area contributed by atoms with Crippen LogP contribution >= 0.6 is 0 Å². The van der Waals surface area contributed by atoms with E-state index in [1.807, 2.05) is 43.0 Å². The van der Waals surface area contributed by atoms with E-state index in [-0.39, 0.29) is 6.04 Å². The minimum absolute atomic E-state index is 0.140. The van der Waals surface area contributed by atoms with E-state index < -0.39 is 18.0 Å². The molecule has 0 heterocycles. The van der Waals surface area contributed by atoms with Gasteiger partial charge in [0.05, 0.1) is 6.04 Å². The van der Waals surface area contributed by atoms with Gasteiger partial charge < -0.3 is 11.5 Å². The Labute approximate surface area is 119 Å². The van der Waals surface area contributed by atoms with E-state index in [2.05, 4.69) is 5.32 Å². The normalized spacial score (nSPS) is 12.4. The smallest absolute Gasteiger partial charge is 0.318 e. The average molecular weight is 278 g/mol. The number of nitrogens with zero attached hydrogens (tertiary/aromatic N) is 1. The fourth-order valence-electron chi connectivity index (χ4n) is 1.98. The molecule has 3 amide bonds. The number of amides is 3. The third-order valence-electron chi connectivity index (χ3n) is 3.13. The fraction of sp³-hybridized carbons (Fsp3) is 0.429. The fourth-order valence-corrected chi connectivity index (χ4v) is 1.98. The highest BCUT2D eigenvalue weighted by molar-refractivity contribution is 5.96. The number of carbonyl (C=O) groups excluding carboxylic acids is 2. The zero-order valence-corrected chi connectivity index (χ0v) is 12.1. The summed E-state index contributed by atoms with van der Waals surface area (Å²) in [4.78, 5) is 24.6. The number of hydrogen-bond acceptors (Lipinski definition) is 4. The Morgan fingerprint density at radius 1 is 1.20 bits per heavy atom. The molecular weight excluding hydrogens is 256 g/mol. The van der Waals surface area contributed by atoms with E-state index in [1.54, 1.807) is 6.92 Å². The van der Waals surface area contributed by atoms with Crippen LogP contribution in [0.15, 0.2) is 24.3 Å². The van der Waals surface area contributed by atoms with Crippen molar-refractivity contribution < 1.29 is 9.59 Å². The molecule has 0 aliphatic rings. The number of urea groups is 1. The Bertz CT molecular complexity index is 471. The summed E-state index contributed by atoms with van der Waals surface area (Å²) in [6, 6.07) is 6.33. The summed E-state index contributed by atoms with van der Waals surface area (Å²) in [5.74, 6) is -0.401. The molecule has 1 aromatic rings. The Morgan fingerprint density at radius 2 is 1.75 bits per heavy atom. The highest BCUT2D eigenvalue weighted by atomic mass is 16.2. The molecule has 0 fully saturated rings. The van der Waals surface area contributed by atoms with Crippen molar-refractivity contribution >= 4 is 17.6 Å². The molecule has 1 atom stereocenters. The molecule has 0 bridgehead atoms. The summed E-state index contributed by atoms with van der Waals surface area (Å²) >= 11 is 0. The molecule has 0 radical (unpaired) electrons. The van der Waals surface area contributed by atoms with Crippen LogP contribution < -0.4 is 16.8 Å². The van der Waals surface area contributed by atoms with Crippen LogP contribution in [0.4, 0.5) is 10.5 Å². The van der Waals surface area contributed by atoms with Gasteiger partial charge >= 0.3 is 6.03 Å². The second-order valence-corrected chi connectivity index (χ2v) is 5.04. The summed E-state index contributed by atoms with van der Waals surface area (Å²) < 4.78 is 0. The number of imide groups is 1. The largest absolute Gasteiger partial charge is 0.399 e. The molecule has 0 spiro atoms. The molecule has 0 saturated heterocycles. The number of anilines is 1. The van der Waals surface area contributed by atoms with Crippen molar-refractivity contribution in [3.8, 4) is 0 Å². The van der Waals surface area contributed by atoms with Crippen molar-refractivity contribution in [2.45, 2.75) is 39.4 Å². The maximum atomic E-state index is 11.9. The van der Waals surface area contributed by atoms with Crippen LogP contribution in [0, 0.1) is 0 Å². The second kappa shape index (κ2) is 6.91. The first kappa shape index (κ1) is 16.0. The van der Waals surface area contributed by atoms with Crippen molar-refractivity contribution in [2.75, 3.05) is 5.73 Å². The van der Waals surface area contributed by atoms with E-state index in [4.69, 9.17) is 11.5 Å². The number of nitrogens with one attached hydrogen (secondary N) is 1. The van der Waals surface area contributed by atoms with Gasteiger partial charge in [-0.25, -0.2) is 4.79 Å². The first-order valence-corrected chi connectivity index (χ1v) is 6.51. The summed E-state index contributed by atoms with van der Waals surface area (Å²) in [6.07, 6.45) is 0. The van der Waals surface area contributed by atoms with Crippen LogP contribution in [0.5, 0.6) is 0 Å². The van der Waals surface area contributed by atoms with E-state index in [0.717, 1.165) is 5.56 Å². The highest BCUT2D eigenvalue weighted by Crippen LogP contribution is 2.14. The number of hydrogen-bond donors (Lipinski definition) is 3. The highest BCUT2D eigenvalue weighted by Gasteiger charge is 2.24. The van der Waals surface area contributed by atoms with Crippen molar-refractivity contribution in [1.82, 2.24) is 10.2 Å². The molecule has 1 unspecified atom stereocenters. The minimum Gasteiger partial charge on any atom is -0.399 e. The molecule has 0 aromatic heterocycles. The van der Waals surface area contributed by atoms with Crippen molar-refractivity contribution in [3.05, 3.63) is 29.8 Å². The van der Waals surface area contributed by atoms with Gasteiger partial charge in [-0.2, -0.15) is 0 Å². The first-order chi connectivity index (χ1) is 9.31. The molecule has 0 aliphatic heterocycles. The number of primary amides is 1. The number of benzene rings is 1. The third kappa shape index (κ3) is 4.55. The van der Waals surface area contributed by atoms with E-state index in [1.165, 1.54) is 0 Å². The zero-order valence-electron chi connectivity index (χ0n) is 12.1. The minimum atomic E-state index is -0.835. The Morgan fingerprint density at radius 3 is 2.20 bits per heavy atom. The number of carbonyl (C=O) groups is 2. The predicted octanol–water partition coefficient (Wildman–Crippen LogP) is 1.06. The van der Waals surface area contributed by atoms with E-state index in [0.29, 0.717) is 12.2 Å². The van der Waals surface area contributed by atoms with Crippen LogP contribution in [0.25, 0.3) is 0 Å². The lowest BCUT2D eigenvalue weighted by atomic mass is 10.1. The van der Waals surface area contributed by atoms with Gasteiger partial charge in [0.15, 0.2) is 0 Å². The van der Waals surface area contributed by atoms with Crippen molar-refractivity contribution in [2.24, 2.45) is 5.73 Å². The van der Waals surface area contributed by atoms with Gasteiger partial charge in [0.1, 0.15) is 0 Å². The Kier molecular flexibility index (Phi) is 5.52. The SMILES string of the molecule is CC(C)N(Cc1ccc(N)cc1)C(C)C(=O)NC(N)=O. The van der Waals surface area contributed by atoms with Crippen LogP contribution in [-0.4, -0.2) is 28.9 Å². The van der Waals surface area contributed by atoms with Crippen LogP contribution in [-0.2, 0) is 11.3 Å². The summed E-state index contributed by atoms with van der Waals surface area (Å²) in [5, 5.41) is 2.11. The number of nitrogen functional groups attached to an aromatic ring is 1.